The number of anilines is 2. The Balaban J connectivity index is 2.07. The summed E-state index contributed by atoms with van der Waals surface area (Å²) in [6.45, 7) is 0. The van der Waals surface area contributed by atoms with Crippen LogP contribution in [-0.2, 0) is 0 Å². The fourth-order valence-corrected chi connectivity index (χ4v) is 3.09. The highest BCUT2D eigenvalue weighted by molar-refractivity contribution is 7.99. The second-order valence-electron chi connectivity index (χ2n) is 4.55. The Morgan fingerprint density at radius 1 is 1.39 bits per heavy atom. The lowest BCUT2D eigenvalue weighted by molar-refractivity contribution is 0.469. The van der Waals surface area contributed by atoms with E-state index in [4.69, 9.17) is 5.73 Å². The van der Waals surface area contributed by atoms with Gasteiger partial charge in [0.1, 0.15) is 0 Å². The van der Waals surface area contributed by atoms with Crippen molar-refractivity contribution in [2.75, 3.05) is 17.3 Å². The molecule has 0 bridgehead atoms. The van der Waals surface area contributed by atoms with Crippen molar-refractivity contribution in [3.05, 3.63) is 17.7 Å². The highest BCUT2D eigenvalue weighted by atomic mass is 32.2. The van der Waals surface area contributed by atoms with Crippen molar-refractivity contribution in [2.45, 2.75) is 37.0 Å². The summed E-state index contributed by atoms with van der Waals surface area (Å²) in [6, 6.07) is 0.961. The molecule has 0 aromatic carbocycles. The number of aromatic nitrogens is 1. The van der Waals surface area contributed by atoms with Gasteiger partial charge in [-0.25, -0.2) is 13.8 Å². The van der Waals surface area contributed by atoms with Gasteiger partial charge in [-0.15, -0.1) is 0 Å². The van der Waals surface area contributed by atoms with Crippen molar-refractivity contribution in [1.29, 1.82) is 0 Å². The van der Waals surface area contributed by atoms with Crippen LogP contribution in [0.2, 0.25) is 0 Å². The standard InChI is InChI=1S/C12H17F2N3S/c1-18-8-4-2-3-7(5-8)16-12-10(14)6-9(13)11(15)17-12/h6-8H,2-5H2,1H3,(H3,15,16,17). The summed E-state index contributed by atoms with van der Waals surface area (Å²) < 4.78 is 26.5. The normalized spacial score (nSPS) is 23.9. The van der Waals surface area contributed by atoms with Gasteiger partial charge in [0.05, 0.1) is 0 Å². The third-order valence-corrected chi connectivity index (χ3v) is 4.35. The van der Waals surface area contributed by atoms with Gasteiger partial charge in [0.25, 0.3) is 0 Å². The first kappa shape index (κ1) is 13.4. The first-order valence-electron chi connectivity index (χ1n) is 6.01. The first-order valence-corrected chi connectivity index (χ1v) is 7.29. The number of nitrogens with two attached hydrogens (primary N) is 1. The number of thioether (sulfide) groups is 1. The van der Waals surface area contributed by atoms with E-state index in [1.165, 1.54) is 6.42 Å². The topological polar surface area (TPSA) is 50.9 Å². The predicted molar refractivity (Wildman–Crippen MR) is 71.7 cm³/mol. The van der Waals surface area contributed by atoms with E-state index in [-0.39, 0.29) is 17.7 Å². The van der Waals surface area contributed by atoms with Crippen LogP contribution in [0.5, 0.6) is 0 Å². The molecule has 1 aromatic rings. The van der Waals surface area contributed by atoms with E-state index in [0.29, 0.717) is 5.25 Å². The molecular formula is C12H17F2N3S. The lowest BCUT2D eigenvalue weighted by atomic mass is 9.95. The van der Waals surface area contributed by atoms with E-state index >= 15 is 0 Å². The molecule has 1 aliphatic rings. The Morgan fingerprint density at radius 3 is 2.89 bits per heavy atom. The summed E-state index contributed by atoms with van der Waals surface area (Å²) in [5.74, 6) is -1.71. The maximum atomic E-state index is 13.5. The maximum Gasteiger partial charge on any atom is 0.168 e. The number of nitrogens with one attached hydrogen (secondary N) is 1. The molecule has 2 atom stereocenters. The molecule has 0 saturated heterocycles. The largest absolute Gasteiger partial charge is 0.381 e. The second-order valence-corrected chi connectivity index (χ2v) is 5.69. The van der Waals surface area contributed by atoms with Crippen molar-refractivity contribution in [3.63, 3.8) is 0 Å². The molecule has 3 N–H and O–H groups in total. The van der Waals surface area contributed by atoms with Crippen LogP contribution in [0.4, 0.5) is 20.4 Å². The second kappa shape index (κ2) is 5.73. The third kappa shape index (κ3) is 3.04. The van der Waals surface area contributed by atoms with E-state index in [1.807, 2.05) is 11.8 Å². The molecule has 1 saturated carbocycles. The quantitative estimate of drug-likeness (QED) is 0.889. The number of pyridine rings is 1. The number of nitrogens with zero attached hydrogens (tertiary/aromatic N) is 1. The van der Waals surface area contributed by atoms with Crippen molar-refractivity contribution in [3.8, 4) is 0 Å². The highest BCUT2D eigenvalue weighted by Gasteiger charge is 2.22. The van der Waals surface area contributed by atoms with Crippen LogP contribution in [0, 0.1) is 11.6 Å². The van der Waals surface area contributed by atoms with E-state index in [1.54, 1.807) is 0 Å². The molecule has 1 aliphatic carbocycles. The van der Waals surface area contributed by atoms with Gasteiger partial charge < -0.3 is 11.1 Å². The number of hydrogen-bond acceptors (Lipinski definition) is 4. The van der Waals surface area contributed by atoms with Crippen LogP contribution < -0.4 is 11.1 Å². The van der Waals surface area contributed by atoms with Crippen molar-refractivity contribution < 1.29 is 8.78 Å². The molecule has 1 fully saturated rings. The predicted octanol–water partition coefficient (Wildman–Crippen LogP) is 3.03. The molecule has 0 aliphatic heterocycles. The molecule has 2 unspecified atom stereocenters. The van der Waals surface area contributed by atoms with Gasteiger partial charge in [-0.05, 0) is 25.5 Å². The van der Waals surface area contributed by atoms with Gasteiger partial charge in [-0.2, -0.15) is 11.8 Å². The summed E-state index contributed by atoms with van der Waals surface area (Å²) in [6.07, 6.45) is 6.35. The Labute approximate surface area is 110 Å². The Morgan fingerprint density at radius 2 is 2.17 bits per heavy atom. The first-order chi connectivity index (χ1) is 8.60. The van der Waals surface area contributed by atoms with Gasteiger partial charge in [-0.3, -0.25) is 0 Å². The fraction of sp³-hybridized carbons (Fsp3) is 0.583. The average molecular weight is 273 g/mol. The Hall–Kier alpha value is -1.04. The highest BCUT2D eigenvalue weighted by Crippen LogP contribution is 2.29. The Kier molecular flexibility index (Phi) is 4.27. The average Bonchev–Trinajstić information content (AvgIpc) is 2.36. The zero-order valence-electron chi connectivity index (χ0n) is 10.2. The summed E-state index contributed by atoms with van der Waals surface area (Å²) in [7, 11) is 0. The number of hydrogen-bond donors (Lipinski definition) is 2. The lowest BCUT2D eigenvalue weighted by Gasteiger charge is -2.29. The van der Waals surface area contributed by atoms with Crippen LogP contribution in [0.3, 0.4) is 0 Å². The summed E-state index contributed by atoms with van der Waals surface area (Å²) in [5.41, 5.74) is 5.35. The van der Waals surface area contributed by atoms with Gasteiger partial charge in [0.15, 0.2) is 23.3 Å². The van der Waals surface area contributed by atoms with E-state index < -0.39 is 11.6 Å². The molecule has 1 aromatic heterocycles. The van der Waals surface area contributed by atoms with Gasteiger partial charge in [0, 0.05) is 17.4 Å². The molecular weight excluding hydrogens is 256 g/mol. The van der Waals surface area contributed by atoms with Crippen LogP contribution in [0.25, 0.3) is 0 Å². The van der Waals surface area contributed by atoms with E-state index in [2.05, 4.69) is 16.6 Å². The van der Waals surface area contributed by atoms with Gasteiger partial charge >= 0.3 is 0 Å². The zero-order valence-corrected chi connectivity index (χ0v) is 11.1. The fourth-order valence-electron chi connectivity index (χ4n) is 2.27. The monoisotopic (exact) mass is 273 g/mol. The minimum Gasteiger partial charge on any atom is -0.381 e. The number of rotatable bonds is 3. The molecule has 100 valence electrons. The van der Waals surface area contributed by atoms with Gasteiger partial charge in [0.2, 0.25) is 0 Å². The van der Waals surface area contributed by atoms with Gasteiger partial charge in [-0.1, -0.05) is 6.42 Å². The van der Waals surface area contributed by atoms with E-state index in [9.17, 15) is 8.78 Å². The SMILES string of the molecule is CSC1CCCC(Nc2nc(N)c(F)cc2F)C1. The van der Waals surface area contributed by atoms with Crippen molar-refractivity contribution >= 4 is 23.4 Å². The van der Waals surface area contributed by atoms with Crippen LogP contribution in [0.15, 0.2) is 6.07 Å². The smallest absolute Gasteiger partial charge is 0.168 e. The molecule has 18 heavy (non-hydrogen) atoms. The number of halogens is 2. The molecule has 1 heterocycles. The summed E-state index contributed by atoms with van der Waals surface area (Å²) >= 11 is 1.83. The van der Waals surface area contributed by atoms with Crippen LogP contribution >= 0.6 is 11.8 Å². The minimum atomic E-state index is -0.816. The van der Waals surface area contributed by atoms with Crippen LogP contribution in [0.1, 0.15) is 25.7 Å². The van der Waals surface area contributed by atoms with Crippen molar-refractivity contribution in [1.82, 2.24) is 4.98 Å². The molecule has 0 spiro atoms. The third-order valence-electron chi connectivity index (χ3n) is 3.26. The maximum absolute atomic E-state index is 13.5. The zero-order chi connectivity index (χ0) is 13.1. The number of nitrogen functional groups attached to an aromatic ring is 1. The lowest BCUT2D eigenvalue weighted by Crippen LogP contribution is -2.29. The summed E-state index contributed by atoms with van der Waals surface area (Å²) in [5, 5.41) is 3.63. The molecule has 2 rings (SSSR count). The van der Waals surface area contributed by atoms with E-state index in [0.717, 1.165) is 25.3 Å². The summed E-state index contributed by atoms with van der Waals surface area (Å²) in [4.78, 5) is 3.73. The molecule has 0 amide bonds. The molecule has 6 heteroatoms. The molecule has 3 nitrogen and oxygen atoms in total. The van der Waals surface area contributed by atoms with Crippen LogP contribution in [-0.4, -0.2) is 22.5 Å². The molecule has 0 radical (unpaired) electrons. The minimum absolute atomic E-state index is 0.0562. The Bertz CT molecular complexity index is 428. The van der Waals surface area contributed by atoms with Crippen molar-refractivity contribution in [2.24, 2.45) is 0 Å².